The molecular weight excluding hydrogens is 353 g/mol. The number of carbonyl (C=O) groups excluding carboxylic acids is 1. The van der Waals surface area contributed by atoms with Crippen LogP contribution in [-0.4, -0.2) is 39.7 Å². The summed E-state index contributed by atoms with van der Waals surface area (Å²) in [6, 6.07) is 5.13. The molecule has 1 amide bonds. The number of hydrogen-bond donors (Lipinski definition) is 2. The van der Waals surface area contributed by atoms with Crippen molar-refractivity contribution in [3.05, 3.63) is 41.0 Å². The van der Waals surface area contributed by atoms with Crippen LogP contribution in [0.4, 0.5) is 4.39 Å². The third-order valence-corrected chi connectivity index (χ3v) is 6.29. The van der Waals surface area contributed by atoms with Crippen LogP contribution in [0, 0.1) is 12.7 Å². The topological polar surface area (TPSA) is 71.8 Å². The van der Waals surface area contributed by atoms with Gasteiger partial charge in [0.2, 0.25) is 0 Å². The van der Waals surface area contributed by atoms with Gasteiger partial charge in [0.15, 0.2) is 5.69 Å². The zero-order valence-electron chi connectivity index (χ0n) is 14.7. The first-order chi connectivity index (χ1) is 12.6. The number of nitrogens with one attached hydrogen (secondary N) is 2. The third kappa shape index (κ3) is 3.23. The van der Waals surface area contributed by atoms with Gasteiger partial charge in [-0.3, -0.25) is 4.79 Å². The number of hydrogen-bond acceptors (Lipinski definition) is 5. The van der Waals surface area contributed by atoms with E-state index in [4.69, 9.17) is 0 Å². The molecule has 1 fully saturated rings. The van der Waals surface area contributed by atoms with Gasteiger partial charge in [-0.25, -0.2) is 9.07 Å². The lowest BCUT2D eigenvalue weighted by molar-refractivity contribution is 0.0929. The molecule has 26 heavy (non-hydrogen) atoms. The molecule has 1 saturated heterocycles. The molecule has 0 aliphatic carbocycles. The minimum Gasteiger partial charge on any atom is -0.344 e. The Morgan fingerprint density at radius 3 is 2.96 bits per heavy atom. The smallest absolute Gasteiger partial charge is 0.274 e. The van der Waals surface area contributed by atoms with Crippen molar-refractivity contribution in [1.82, 2.24) is 25.6 Å². The van der Waals surface area contributed by atoms with E-state index in [0.717, 1.165) is 49.4 Å². The number of aromatic nitrogens is 3. The average molecular weight is 375 g/mol. The molecular formula is C18H22FN5OS. The molecule has 1 aromatic heterocycles. The average Bonchev–Trinajstić information content (AvgIpc) is 3.05. The van der Waals surface area contributed by atoms with Gasteiger partial charge in [-0.15, -0.1) is 16.9 Å². The minimum absolute atomic E-state index is 0.196. The Balaban J connectivity index is 1.53. The lowest BCUT2D eigenvalue weighted by Crippen LogP contribution is -2.32. The summed E-state index contributed by atoms with van der Waals surface area (Å²) in [6.07, 6.45) is 2.74. The Labute approximate surface area is 155 Å². The van der Waals surface area contributed by atoms with Crippen LogP contribution in [0.25, 0.3) is 0 Å². The van der Waals surface area contributed by atoms with Gasteiger partial charge in [-0.1, -0.05) is 17.3 Å². The van der Waals surface area contributed by atoms with Crippen molar-refractivity contribution in [3.8, 4) is 0 Å². The van der Waals surface area contributed by atoms with Gasteiger partial charge in [-0.2, -0.15) is 0 Å². The fourth-order valence-corrected chi connectivity index (χ4v) is 4.85. The summed E-state index contributed by atoms with van der Waals surface area (Å²) in [4.78, 5) is 13.4. The first-order valence-electron chi connectivity index (χ1n) is 8.99. The summed E-state index contributed by atoms with van der Waals surface area (Å²) < 4.78 is 15.9. The maximum atomic E-state index is 14.0. The summed E-state index contributed by atoms with van der Waals surface area (Å²) in [5, 5.41) is 14.7. The Kier molecular flexibility index (Phi) is 4.95. The lowest BCUT2D eigenvalue weighted by atomic mass is 10.0. The molecule has 2 N–H and O–H groups in total. The van der Waals surface area contributed by atoms with Crippen molar-refractivity contribution in [2.24, 2.45) is 0 Å². The fraction of sp³-hybridized carbons (Fsp3) is 0.500. The van der Waals surface area contributed by atoms with E-state index in [1.165, 1.54) is 17.8 Å². The molecule has 0 radical (unpaired) electrons. The Morgan fingerprint density at radius 1 is 1.35 bits per heavy atom. The highest BCUT2D eigenvalue weighted by molar-refractivity contribution is 7.99. The highest BCUT2D eigenvalue weighted by Crippen LogP contribution is 2.37. The zero-order valence-corrected chi connectivity index (χ0v) is 15.5. The van der Waals surface area contributed by atoms with E-state index in [0.29, 0.717) is 10.6 Å². The van der Waals surface area contributed by atoms with Crippen LogP contribution in [0.5, 0.6) is 0 Å². The van der Waals surface area contributed by atoms with E-state index >= 15 is 0 Å². The number of benzene rings is 1. The molecule has 0 bridgehead atoms. The van der Waals surface area contributed by atoms with E-state index in [1.54, 1.807) is 6.07 Å². The molecule has 1 unspecified atom stereocenters. The van der Waals surface area contributed by atoms with Crippen molar-refractivity contribution in [3.63, 3.8) is 0 Å². The number of rotatable bonds is 3. The van der Waals surface area contributed by atoms with Crippen molar-refractivity contribution in [2.45, 2.75) is 43.2 Å². The van der Waals surface area contributed by atoms with E-state index in [9.17, 15) is 9.18 Å². The number of fused-ring (bicyclic) bond motifs is 1. The summed E-state index contributed by atoms with van der Waals surface area (Å²) in [7, 11) is 0. The standard InChI is InChI=1S/C18H22FN5OS/c1-11-16(22-23-24(11)12-5-8-20-9-6-12)18(25)21-15-7-10-26-17-13(15)3-2-4-14(17)19/h2-4,12,15,20H,5-10H2,1H3,(H,21,25). The van der Waals surface area contributed by atoms with Gasteiger partial charge in [0.25, 0.3) is 5.91 Å². The van der Waals surface area contributed by atoms with Crippen LogP contribution >= 0.6 is 11.8 Å². The molecule has 0 saturated carbocycles. The second-order valence-corrected chi connectivity index (χ2v) is 7.88. The first-order valence-corrected chi connectivity index (χ1v) is 9.98. The predicted octanol–water partition coefficient (Wildman–Crippen LogP) is 2.62. The molecule has 4 rings (SSSR count). The van der Waals surface area contributed by atoms with Gasteiger partial charge in [0, 0.05) is 10.6 Å². The van der Waals surface area contributed by atoms with Crippen LogP contribution < -0.4 is 10.6 Å². The number of carbonyl (C=O) groups is 1. The van der Waals surface area contributed by atoms with Crippen LogP contribution in [0.1, 0.15) is 53.1 Å². The summed E-state index contributed by atoms with van der Waals surface area (Å²) in [6.45, 7) is 3.79. The van der Waals surface area contributed by atoms with Gasteiger partial charge in [-0.05, 0) is 50.9 Å². The molecule has 6 nitrogen and oxygen atoms in total. The molecule has 0 spiro atoms. The summed E-state index contributed by atoms with van der Waals surface area (Å²) in [5.41, 5.74) is 2.00. The lowest BCUT2D eigenvalue weighted by Gasteiger charge is -2.26. The first kappa shape index (κ1) is 17.5. The number of piperidine rings is 1. The normalized spacial score (nSPS) is 20.6. The van der Waals surface area contributed by atoms with Crippen LogP contribution in [0.3, 0.4) is 0 Å². The molecule has 1 atom stereocenters. The van der Waals surface area contributed by atoms with Gasteiger partial charge in [0.05, 0.1) is 17.8 Å². The van der Waals surface area contributed by atoms with Crippen LogP contribution in [-0.2, 0) is 0 Å². The number of thioether (sulfide) groups is 1. The second kappa shape index (κ2) is 7.36. The molecule has 2 aliphatic heterocycles. The Morgan fingerprint density at radius 2 is 2.15 bits per heavy atom. The van der Waals surface area contributed by atoms with E-state index in [2.05, 4.69) is 20.9 Å². The fourth-order valence-electron chi connectivity index (χ4n) is 3.71. The molecule has 2 aromatic rings. The highest BCUT2D eigenvalue weighted by atomic mass is 32.2. The molecule has 138 valence electrons. The summed E-state index contributed by atoms with van der Waals surface area (Å²) >= 11 is 1.50. The Bertz CT molecular complexity index is 818. The largest absolute Gasteiger partial charge is 0.344 e. The van der Waals surface area contributed by atoms with Crippen molar-refractivity contribution in [2.75, 3.05) is 18.8 Å². The van der Waals surface area contributed by atoms with E-state index in [-0.39, 0.29) is 23.8 Å². The maximum absolute atomic E-state index is 14.0. The number of amides is 1. The van der Waals surface area contributed by atoms with E-state index < -0.39 is 0 Å². The molecule has 1 aromatic carbocycles. The van der Waals surface area contributed by atoms with Crippen LogP contribution in [0.15, 0.2) is 23.1 Å². The number of nitrogens with zero attached hydrogens (tertiary/aromatic N) is 3. The Hall–Kier alpha value is -1.93. The van der Waals surface area contributed by atoms with Gasteiger partial charge in [0.1, 0.15) is 5.82 Å². The number of halogens is 1. The molecule has 3 heterocycles. The van der Waals surface area contributed by atoms with Gasteiger partial charge >= 0.3 is 0 Å². The van der Waals surface area contributed by atoms with Crippen LogP contribution in [0.2, 0.25) is 0 Å². The van der Waals surface area contributed by atoms with Crippen molar-refractivity contribution in [1.29, 1.82) is 0 Å². The van der Waals surface area contributed by atoms with E-state index in [1.807, 2.05) is 17.7 Å². The van der Waals surface area contributed by atoms with Crippen molar-refractivity contribution >= 4 is 17.7 Å². The quantitative estimate of drug-likeness (QED) is 0.863. The SMILES string of the molecule is Cc1c(C(=O)NC2CCSc3c(F)cccc32)nnn1C1CCNCC1. The summed E-state index contributed by atoms with van der Waals surface area (Å²) in [5.74, 6) is 0.314. The zero-order chi connectivity index (χ0) is 18.1. The maximum Gasteiger partial charge on any atom is 0.274 e. The minimum atomic E-state index is -0.241. The molecule has 2 aliphatic rings. The predicted molar refractivity (Wildman–Crippen MR) is 97.8 cm³/mol. The highest BCUT2D eigenvalue weighted by Gasteiger charge is 2.28. The molecule has 8 heteroatoms. The van der Waals surface area contributed by atoms with Crippen molar-refractivity contribution < 1.29 is 9.18 Å². The third-order valence-electron chi connectivity index (χ3n) is 5.13. The van der Waals surface area contributed by atoms with Gasteiger partial charge < -0.3 is 10.6 Å². The second-order valence-electron chi connectivity index (χ2n) is 6.77. The monoisotopic (exact) mass is 375 g/mol.